The molecule has 0 radical (unpaired) electrons. The maximum absolute atomic E-state index is 12.1. The Balaban J connectivity index is 1.76. The van der Waals surface area contributed by atoms with Gasteiger partial charge in [0.05, 0.1) is 4.90 Å². The van der Waals surface area contributed by atoms with Gasteiger partial charge < -0.3 is 5.32 Å². The first-order valence-electron chi connectivity index (χ1n) is 6.99. The van der Waals surface area contributed by atoms with Crippen LogP contribution < -0.4 is 10.0 Å². The van der Waals surface area contributed by atoms with Crippen LogP contribution in [0.2, 0.25) is 5.02 Å². The second-order valence-corrected chi connectivity index (χ2v) is 7.22. The normalized spacial score (nSPS) is 11.5. The zero-order chi connectivity index (χ0) is 16.0. The molecule has 0 unspecified atom stereocenters. The van der Waals surface area contributed by atoms with E-state index in [1.165, 1.54) is 0 Å². The highest BCUT2D eigenvalue weighted by Gasteiger charge is 2.12. The summed E-state index contributed by atoms with van der Waals surface area (Å²) in [6, 6.07) is 14.3. The fourth-order valence-corrected chi connectivity index (χ4v) is 3.07. The molecule has 0 spiro atoms. The molecule has 0 bridgehead atoms. The molecule has 0 atom stereocenters. The molecule has 0 saturated carbocycles. The number of benzene rings is 2. The highest BCUT2D eigenvalue weighted by molar-refractivity contribution is 7.89. The molecule has 22 heavy (non-hydrogen) atoms. The quantitative estimate of drug-likeness (QED) is 0.763. The minimum atomic E-state index is -3.44. The van der Waals surface area contributed by atoms with Crippen LogP contribution in [-0.4, -0.2) is 21.5 Å². The molecule has 0 aliphatic heterocycles. The van der Waals surface area contributed by atoms with Crippen LogP contribution in [0.4, 0.5) is 0 Å². The third-order valence-electron chi connectivity index (χ3n) is 3.17. The number of nitrogens with one attached hydrogen (secondary N) is 2. The molecule has 2 N–H and O–H groups in total. The average Bonchev–Trinajstić information content (AvgIpc) is 2.49. The number of hydrogen-bond donors (Lipinski definition) is 2. The van der Waals surface area contributed by atoms with E-state index in [2.05, 4.69) is 10.0 Å². The number of rotatable bonds is 7. The minimum Gasteiger partial charge on any atom is -0.311 e. The monoisotopic (exact) mass is 338 g/mol. The molecule has 0 aromatic heterocycles. The Kier molecular flexibility index (Phi) is 5.97. The van der Waals surface area contributed by atoms with E-state index < -0.39 is 10.0 Å². The summed E-state index contributed by atoms with van der Waals surface area (Å²) in [5.74, 6) is 0. The van der Waals surface area contributed by atoms with Gasteiger partial charge in [0.25, 0.3) is 0 Å². The van der Waals surface area contributed by atoms with Crippen molar-refractivity contribution in [3.8, 4) is 0 Å². The molecule has 0 aliphatic rings. The Labute approximate surface area is 136 Å². The Morgan fingerprint density at radius 2 is 1.59 bits per heavy atom. The molecule has 2 aromatic carbocycles. The summed E-state index contributed by atoms with van der Waals surface area (Å²) < 4.78 is 26.7. The molecule has 0 heterocycles. The zero-order valence-electron chi connectivity index (χ0n) is 12.3. The van der Waals surface area contributed by atoms with Gasteiger partial charge in [-0.25, -0.2) is 13.1 Å². The van der Waals surface area contributed by atoms with Gasteiger partial charge in [-0.05, 0) is 36.8 Å². The SMILES string of the molecule is Cc1ccc(S(=O)(=O)NCCNCc2ccc(Cl)cc2)cc1. The molecule has 0 aliphatic carbocycles. The van der Waals surface area contributed by atoms with Gasteiger partial charge in [-0.2, -0.15) is 0 Å². The Bertz CT molecular complexity index is 698. The summed E-state index contributed by atoms with van der Waals surface area (Å²) in [7, 11) is -3.44. The third kappa shape index (κ3) is 5.10. The van der Waals surface area contributed by atoms with E-state index in [4.69, 9.17) is 11.6 Å². The lowest BCUT2D eigenvalue weighted by Gasteiger charge is -2.08. The van der Waals surface area contributed by atoms with Crippen molar-refractivity contribution in [3.05, 3.63) is 64.7 Å². The molecule has 2 rings (SSSR count). The lowest BCUT2D eigenvalue weighted by molar-refractivity contribution is 0.576. The van der Waals surface area contributed by atoms with Crippen LogP contribution in [0, 0.1) is 6.92 Å². The first-order chi connectivity index (χ1) is 10.5. The predicted molar refractivity (Wildman–Crippen MR) is 89.5 cm³/mol. The summed E-state index contributed by atoms with van der Waals surface area (Å²) in [5.41, 5.74) is 2.13. The molecular formula is C16H19ClN2O2S. The van der Waals surface area contributed by atoms with Crippen LogP contribution in [-0.2, 0) is 16.6 Å². The second kappa shape index (κ2) is 7.74. The molecule has 6 heteroatoms. The van der Waals surface area contributed by atoms with Crippen molar-refractivity contribution < 1.29 is 8.42 Å². The van der Waals surface area contributed by atoms with Crippen molar-refractivity contribution in [1.82, 2.24) is 10.0 Å². The largest absolute Gasteiger partial charge is 0.311 e. The fourth-order valence-electron chi connectivity index (χ4n) is 1.91. The Hall–Kier alpha value is -1.40. The first-order valence-corrected chi connectivity index (χ1v) is 8.85. The zero-order valence-corrected chi connectivity index (χ0v) is 13.9. The number of halogens is 1. The van der Waals surface area contributed by atoms with Gasteiger partial charge in [0.1, 0.15) is 0 Å². The maximum atomic E-state index is 12.1. The van der Waals surface area contributed by atoms with Crippen LogP contribution in [0.25, 0.3) is 0 Å². The van der Waals surface area contributed by atoms with E-state index in [1.807, 2.05) is 31.2 Å². The van der Waals surface area contributed by atoms with Crippen LogP contribution in [0.1, 0.15) is 11.1 Å². The Morgan fingerprint density at radius 1 is 0.955 bits per heavy atom. The number of sulfonamides is 1. The third-order valence-corrected chi connectivity index (χ3v) is 4.90. The lowest BCUT2D eigenvalue weighted by atomic mass is 10.2. The molecule has 0 saturated heterocycles. The molecule has 118 valence electrons. The van der Waals surface area contributed by atoms with Crippen LogP contribution in [0.3, 0.4) is 0 Å². The second-order valence-electron chi connectivity index (χ2n) is 5.01. The fraction of sp³-hybridized carbons (Fsp3) is 0.250. The topological polar surface area (TPSA) is 58.2 Å². The van der Waals surface area contributed by atoms with E-state index >= 15 is 0 Å². The van der Waals surface area contributed by atoms with Gasteiger partial charge in [0.15, 0.2) is 0 Å². The Morgan fingerprint density at radius 3 is 2.23 bits per heavy atom. The summed E-state index contributed by atoms with van der Waals surface area (Å²) in [6.45, 7) is 3.48. The van der Waals surface area contributed by atoms with Crippen molar-refractivity contribution in [2.24, 2.45) is 0 Å². The van der Waals surface area contributed by atoms with E-state index in [1.54, 1.807) is 24.3 Å². The minimum absolute atomic E-state index is 0.288. The number of aryl methyl sites for hydroxylation is 1. The molecule has 2 aromatic rings. The van der Waals surface area contributed by atoms with Gasteiger partial charge >= 0.3 is 0 Å². The van der Waals surface area contributed by atoms with E-state index in [9.17, 15) is 8.42 Å². The molecule has 0 fully saturated rings. The van der Waals surface area contributed by atoms with E-state index in [0.29, 0.717) is 24.7 Å². The average molecular weight is 339 g/mol. The van der Waals surface area contributed by atoms with Crippen LogP contribution in [0.15, 0.2) is 53.4 Å². The van der Waals surface area contributed by atoms with Crippen molar-refractivity contribution in [1.29, 1.82) is 0 Å². The summed E-state index contributed by atoms with van der Waals surface area (Å²) in [5, 5.41) is 3.89. The molecule has 0 amide bonds. The van der Waals surface area contributed by atoms with Gasteiger partial charge in [-0.1, -0.05) is 41.4 Å². The predicted octanol–water partition coefficient (Wildman–Crippen LogP) is 2.72. The highest BCUT2D eigenvalue weighted by atomic mass is 35.5. The standard InChI is InChI=1S/C16H19ClN2O2S/c1-13-2-8-16(9-3-13)22(20,21)19-11-10-18-12-14-4-6-15(17)7-5-14/h2-9,18-19H,10-12H2,1H3. The van der Waals surface area contributed by atoms with Crippen LogP contribution >= 0.6 is 11.6 Å². The molecule has 4 nitrogen and oxygen atoms in total. The summed E-state index contributed by atoms with van der Waals surface area (Å²) in [4.78, 5) is 0.288. The first kappa shape index (κ1) is 17.0. The van der Waals surface area contributed by atoms with Gasteiger partial charge in [0.2, 0.25) is 10.0 Å². The van der Waals surface area contributed by atoms with Gasteiger partial charge in [-0.3, -0.25) is 0 Å². The maximum Gasteiger partial charge on any atom is 0.240 e. The van der Waals surface area contributed by atoms with E-state index in [0.717, 1.165) is 11.1 Å². The van der Waals surface area contributed by atoms with Crippen molar-refractivity contribution >= 4 is 21.6 Å². The highest BCUT2D eigenvalue weighted by Crippen LogP contribution is 2.10. The summed E-state index contributed by atoms with van der Waals surface area (Å²) >= 11 is 5.82. The number of hydrogen-bond acceptors (Lipinski definition) is 3. The summed E-state index contributed by atoms with van der Waals surface area (Å²) in [6.07, 6.45) is 0. The van der Waals surface area contributed by atoms with Gasteiger partial charge in [-0.15, -0.1) is 0 Å². The lowest BCUT2D eigenvalue weighted by Crippen LogP contribution is -2.31. The van der Waals surface area contributed by atoms with Crippen LogP contribution in [0.5, 0.6) is 0 Å². The van der Waals surface area contributed by atoms with Crippen molar-refractivity contribution in [2.45, 2.75) is 18.4 Å². The smallest absolute Gasteiger partial charge is 0.240 e. The van der Waals surface area contributed by atoms with E-state index in [-0.39, 0.29) is 4.90 Å². The van der Waals surface area contributed by atoms with Crippen molar-refractivity contribution in [2.75, 3.05) is 13.1 Å². The van der Waals surface area contributed by atoms with Gasteiger partial charge in [0, 0.05) is 24.7 Å². The van der Waals surface area contributed by atoms with Crippen molar-refractivity contribution in [3.63, 3.8) is 0 Å². The molecular weight excluding hydrogens is 320 g/mol.